The Morgan fingerprint density at radius 3 is 1.50 bits per heavy atom. The maximum Gasteiger partial charge on any atom is 0.306 e. The molecule has 24 heavy (non-hydrogen) atoms. The van der Waals surface area contributed by atoms with Crippen LogP contribution in [0, 0.1) is 5.41 Å². The fourth-order valence-corrected chi connectivity index (χ4v) is 1.93. The van der Waals surface area contributed by atoms with Gasteiger partial charge in [0.1, 0.15) is 19.8 Å². The van der Waals surface area contributed by atoms with Crippen LogP contribution in [-0.4, -0.2) is 60.9 Å². The number of carbonyl (C=O) groups excluding carboxylic acids is 3. The number of carbonyl (C=O) groups is 3. The summed E-state index contributed by atoms with van der Waals surface area (Å²) in [5.41, 5.74) is -1.19. The number of thiol groups is 2. The third-order valence-corrected chi connectivity index (χ3v) is 3.49. The van der Waals surface area contributed by atoms with Crippen LogP contribution < -0.4 is 0 Å². The van der Waals surface area contributed by atoms with Gasteiger partial charge in [0.05, 0.1) is 24.9 Å². The van der Waals surface area contributed by atoms with Crippen LogP contribution >= 0.6 is 25.3 Å². The second-order valence-corrected chi connectivity index (χ2v) is 6.23. The molecule has 0 saturated carbocycles. The van der Waals surface area contributed by atoms with Gasteiger partial charge in [0, 0.05) is 17.9 Å². The summed E-state index contributed by atoms with van der Waals surface area (Å²) >= 11 is 7.87. The number of ether oxygens (including phenoxy) is 3. The minimum absolute atomic E-state index is 0.111. The predicted octanol–water partition coefficient (Wildman–Crippen LogP) is 1.03. The normalized spacial score (nSPS) is 11.0. The van der Waals surface area contributed by atoms with Gasteiger partial charge < -0.3 is 19.3 Å². The van der Waals surface area contributed by atoms with E-state index in [1.165, 1.54) is 0 Å². The second-order valence-electron chi connectivity index (χ2n) is 5.34. The van der Waals surface area contributed by atoms with Gasteiger partial charge in [-0.2, -0.15) is 25.3 Å². The first-order valence-corrected chi connectivity index (χ1v) is 8.99. The van der Waals surface area contributed by atoms with Gasteiger partial charge in [-0.25, -0.2) is 0 Å². The van der Waals surface area contributed by atoms with Crippen molar-refractivity contribution >= 4 is 43.2 Å². The zero-order valence-electron chi connectivity index (χ0n) is 13.9. The van der Waals surface area contributed by atoms with Gasteiger partial charge in [-0.3, -0.25) is 14.4 Å². The van der Waals surface area contributed by atoms with E-state index in [-0.39, 0.29) is 39.1 Å². The Bertz CT molecular complexity index is 346. The first-order valence-electron chi connectivity index (χ1n) is 7.72. The molecule has 0 aromatic heterocycles. The molecule has 0 spiro atoms. The van der Waals surface area contributed by atoms with Crippen molar-refractivity contribution in [1.82, 2.24) is 0 Å². The number of rotatable bonds is 13. The molecule has 0 radical (unpaired) electrons. The maximum absolute atomic E-state index is 11.5. The maximum atomic E-state index is 11.5. The molecule has 140 valence electrons. The highest BCUT2D eigenvalue weighted by Crippen LogP contribution is 2.20. The molecular weight excluding hydrogens is 356 g/mol. The van der Waals surface area contributed by atoms with E-state index in [1.54, 1.807) is 0 Å². The van der Waals surface area contributed by atoms with Crippen LogP contribution in [0.5, 0.6) is 0 Å². The topological polar surface area (TPSA) is 99.1 Å². The lowest BCUT2D eigenvalue weighted by atomic mass is 9.92. The van der Waals surface area contributed by atoms with Crippen molar-refractivity contribution in [2.24, 2.45) is 5.41 Å². The minimum atomic E-state index is -1.19. The molecule has 1 N–H and O–H groups in total. The summed E-state index contributed by atoms with van der Waals surface area (Å²) in [6.45, 7) is 0.672. The molecule has 0 rings (SSSR count). The Balaban J connectivity index is 4.81. The summed E-state index contributed by atoms with van der Waals surface area (Å²) in [5.74, 6) is -0.770. The van der Waals surface area contributed by atoms with Crippen LogP contribution in [0.15, 0.2) is 0 Å². The largest absolute Gasteiger partial charge is 0.465 e. The predicted molar refractivity (Wildman–Crippen MR) is 94.2 cm³/mol. The van der Waals surface area contributed by atoms with E-state index in [4.69, 9.17) is 14.2 Å². The molecular formula is C15H26O7S2. The molecule has 9 heteroatoms. The molecule has 0 aliphatic rings. The van der Waals surface area contributed by atoms with Crippen molar-refractivity contribution in [3.05, 3.63) is 0 Å². The lowest BCUT2D eigenvalue weighted by Gasteiger charge is -2.30. The molecule has 0 bridgehead atoms. The van der Waals surface area contributed by atoms with E-state index in [0.29, 0.717) is 17.9 Å². The third-order valence-electron chi connectivity index (χ3n) is 3.04. The van der Waals surface area contributed by atoms with Crippen LogP contribution in [-0.2, 0) is 28.6 Å². The minimum Gasteiger partial charge on any atom is -0.465 e. The molecule has 0 saturated heterocycles. The van der Waals surface area contributed by atoms with Crippen molar-refractivity contribution in [2.45, 2.75) is 32.6 Å². The number of hydrogen-bond donors (Lipinski definition) is 3. The third kappa shape index (κ3) is 10.0. The number of aliphatic hydroxyl groups is 1. The van der Waals surface area contributed by atoms with E-state index in [1.807, 2.05) is 6.92 Å². The quantitative estimate of drug-likeness (QED) is 0.249. The lowest BCUT2D eigenvalue weighted by molar-refractivity contribution is -0.164. The highest BCUT2D eigenvalue weighted by Gasteiger charge is 2.35. The van der Waals surface area contributed by atoms with Gasteiger partial charge in [0.25, 0.3) is 0 Å². The summed E-state index contributed by atoms with van der Waals surface area (Å²) in [5, 5.41) is 9.70. The number of hydrogen-bond acceptors (Lipinski definition) is 9. The SMILES string of the molecule is CCCC(=O)OCC(CO)(COC(=O)CCS)COC(=O)CCS. The molecule has 0 aromatic carbocycles. The Morgan fingerprint density at radius 1 is 0.833 bits per heavy atom. The second kappa shape index (κ2) is 13.4. The molecule has 0 unspecified atom stereocenters. The summed E-state index contributed by atoms with van der Waals surface area (Å²) in [6.07, 6.45) is 1.08. The average Bonchev–Trinajstić information content (AvgIpc) is 2.55. The summed E-state index contributed by atoms with van der Waals surface area (Å²) in [6, 6.07) is 0. The molecule has 0 heterocycles. The molecule has 0 aromatic rings. The van der Waals surface area contributed by atoms with E-state index in [2.05, 4.69) is 25.3 Å². The van der Waals surface area contributed by atoms with Crippen LogP contribution in [0.2, 0.25) is 0 Å². The molecule has 0 atom stereocenters. The highest BCUT2D eigenvalue weighted by molar-refractivity contribution is 7.80. The van der Waals surface area contributed by atoms with Crippen LogP contribution in [0.4, 0.5) is 0 Å². The van der Waals surface area contributed by atoms with Gasteiger partial charge in [0.15, 0.2) is 0 Å². The van der Waals surface area contributed by atoms with Crippen LogP contribution in [0.3, 0.4) is 0 Å². The Kier molecular flexibility index (Phi) is 12.9. The monoisotopic (exact) mass is 382 g/mol. The number of aliphatic hydroxyl groups excluding tert-OH is 1. The van der Waals surface area contributed by atoms with E-state index in [0.717, 1.165) is 0 Å². The van der Waals surface area contributed by atoms with E-state index < -0.39 is 29.9 Å². The molecule has 0 amide bonds. The lowest BCUT2D eigenvalue weighted by Crippen LogP contribution is -2.42. The molecule has 0 aliphatic heterocycles. The van der Waals surface area contributed by atoms with Crippen molar-refractivity contribution in [3.8, 4) is 0 Å². The summed E-state index contributed by atoms with van der Waals surface area (Å²) in [4.78, 5) is 34.6. The molecule has 0 fully saturated rings. The van der Waals surface area contributed by atoms with E-state index in [9.17, 15) is 19.5 Å². The smallest absolute Gasteiger partial charge is 0.306 e. The van der Waals surface area contributed by atoms with Crippen molar-refractivity contribution < 1.29 is 33.7 Å². The van der Waals surface area contributed by atoms with Gasteiger partial charge in [-0.15, -0.1) is 0 Å². The van der Waals surface area contributed by atoms with Crippen molar-refractivity contribution in [3.63, 3.8) is 0 Å². The zero-order chi connectivity index (χ0) is 18.4. The van der Waals surface area contributed by atoms with Gasteiger partial charge in [0.2, 0.25) is 0 Å². The summed E-state index contributed by atoms with van der Waals surface area (Å²) < 4.78 is 15.3. The van der Waals surface area contributed by atoms with Crippen LogP contribution in [0.1, 0.15) is 32.6 Å². The van der Waals surface area contributed by atoms with Gasteiger partial charge in [-0.1, -0.05) is 6.92 Å². The Labute approximate surface area is 153 Å². The summed E-state index contributed by atoms with van der Waals surface area (Å²) in [7, 11) is 0. The van der Waals surface area contributed by atoms with E-state index >= 15 is 0 Å². The Morgan fingerprint density at radius 2 is 1.21 bits per heavy atom. The first kappa shape index (κ1) is 23.1. The average molecular weight is 383 g/mol. The van der Waals surface area contributed by atoms with Crippen molar-refractivity contribution in [2.75, 3.05) is 37.9 Å². The van der Waals surface area contributed by atoms with Gasteiger partial charge in [-0.05, 0) is 6.42 Å². The zero-order valence-corrected chi connectivity index (χ0v) is 15.7. The fourth-order valence-electron chi connectivity index (χ4n) is 1.57. The highest BCUT2D eigenvalue weighted by atomic mass is 32.1. The molecule has 7 nitrogen and oxygen atoms in total. The fraction of sp³-hybridized carbons (Fsp3) is 0.800. The van der Waals surface area contributed by atoms with Gasteiger partial charge >= 0.3 is 17.9 Å². The Hall–Kier alpha value is -0.930. The standard InChI is InChI=1S/C15H26O7S2/c1-2-3-12(17)20-9-15(8-16,10-21-13(18)4-6-23)11-22-14(19)5-7-24/h16,23-24H,2-11H2,1H3. The number of esters is 3. The first-order chi connectivity index (χ1) is 11.4. The van der Waals surface area contributed by atoms with Crippen LogP contribution in [0.25, 0.3) is 0 Å². The molecule has 0 aliphatic carbocycles. The van der Waals surface area contributed by atoms with Crippen molar-refractivity contribution in [1.29, 1.82) is 0 Å².